The van der Waals surface area contributed by atoms with Gasteiger partial charge in [0, 0.05) is 51.4 Å². The molecule has 5 rings (SSSR count). The van der Waals surface area contributed by atoms with Crippen LogP contribution >= 0.6 is 0 Å². The van der Waals surface area contributed by atoms with E-state index in [1.807, 2.05) is 58.1 Å². The normalized spacial score (nSPS) is 40.2. The van der Waals surface area contributed by atoms with Crippen molar-refractivity contribution in [2.24, 2.45) is 47.3 Å². The first kappa shape index (κ1) is 61.2. The molecule has 0 spiro atoms. The molecule has 3 fully saturated rings. The van der Waals surface area contributed by atoms with Crippen molar-refractivity contribution in [2.75, 3.05) is 20.8 Å². The van der Waals surface area contributed by atoms with Crippen molar-refractivity contribution < 1.29 is 63.0 Å². The fraction of sp³-hybridized carbons (Fsp3) is 0.750. The third kappa shape index (κ3) is 16.0. The minimum Gasteiger partial charge on any atom is -0.460 e. The van der Waals surface area contributed by atoms with E-state index in [1.165, 1.54) is 17.6 Å². The number of rotatable bonds is 8. The van der Waals surface area contributed by atoms with Gasteiger partial charge in [-0.3, -0.25) is 19.2 Å². The van der Waals surface area contributed by atoms with E-state index < -0.39 is 83.9 Å². The van der Waals surface area contributed by atoms with E-state index in [4.69, 9.17) is 23.7 Å². The first-order chi connectivity index (χ1) is 35.0. The maximum atomic E-state index is 14.6. The maximum Gasteiger partial charge on any atom is 0.329 e. The highest BCUT2D eigenvalue weighted by Gasteiger charge is 2.53. The van der Waals surface area contributed by atoms with Crippen LogP contribution in [0.5, 0.6) is 0 Å². The van der Waals surface area contributed by atoms with Crippen LogP contribution in [0.4, 0.5) is 0 Å². The Balaban J connectivity index is 1.51. The summed E-state index contributed by atoms with van der Waals surface area (Å²) >= 11 is 0. The summed E-state index contributed by atoms with van der Waals surface area (Å²) < 4.78 is 31.0. The molecule has 2 bridgehead atoms. The number of carbonyl (C=O) groups excluding carboxylic acids is 5. The molecule has 3 N–H and O–H groups in total. The summed E-state index contributed by atoms with van der Waals surface area (Å²) in [5.74, 6) is -7.39. The predicted octanol–water partition coefficient (Wildman–Crippen LogP) is 8.93. The van der Waals surface area contributed by atoms with Gasteiger partial charge < -0.3 is 43.9 Å². The fourth-order valence-corrected chi connectivity index (χ4v) is 12.1. The molecule has 5 aliphatic rings. The van der Waals surface area contributed by atoms with E-state index in [9.17, 15) is 39.3 Å². The standard InChI is InChI=1S/C60H93NO13/c1-35(2)46-25-21-37(4)29-52(46)72-50-33-45-24-22-43(10)60(69,74-45)57(66)58(67)61-27-17-16-20-47(61)59(68)73-51(40(7)31-44-23-26-48(62)53(32-44)70-11)34-49(63)39(6)30-42(9)55(65)56(71-12)54(64)41(8)28-36(3)18-14-13-15-19-38(50)5/h13-15,18-19,29-30,35-36,39-41,43-48,50-53,55-56,62,65,69H,16-17,20-28,31-34H2,1-12H3/b15-13+,18-14+,38-19+,42-30+/t36-,39-,40-,41-,43-,44+,45+,46+,47+,48-,50+,51+,52-,53-,55-,56+,60-/m1/s1. The summed E-state index contributed by atoms with van der Waals surface area (Å²) in [5.41, 5.74) is 2.57. The van der Waals surface area contributed by atoms with Crippen LogP contribution in [0.15, 0.2) is 59.3 Å². The SMILES string of the molecule is CO[C@@H]1C[C@H](C[C@@H](C)[C@@H]2CC(=O)[C@H](C)/C=C(\C)[C@@H](O)[C@@H](OC)C(=O)[C@H](C)C[C@H](C)/C=C/C=C/C=C(\C)[C@@H](O[C@@H]3C=C(C)CC[C@H]3C(C)C)C[C@@H]3CC[C@@H](C)[C@@](O)(O3)C(=O)C(=O)N3CCCC[C@H]3C(=O)O2)CC[C@H]1O. The van der Waals surface area contributed by atoms with Crippen molar-refractivity contribution in [3.63, 3.8) is 0 Å². The zero-order valence-corrected chi connectivity index (χ0v) is 46.8. The van der Waals surface area contributed by atoms with Crippen molar-refractivity contribution in [1.29, 1.82) is 0 Å². The van der Waals surface area contributed by atoms with E-state index >= 15 is 0 Å². The van der Waals surface area contributed by atoms with Gasteiger partial charge in [-0.1, -0.05) is 96.6 Å². The lowest BCUT2D eigenvalue weighted by molar-refractivity contribution is -0.266. The summed E-state index contributed by atoms with van der Waals surface area (Å²) in [5, 5.41) is 34.4. The number of esters is 1. The van der Waals surface area contributed by atoms with Crippen molar-refractivity contribution in [3.05, 3.63) is 59.3 Å². The van der Waals surface area contributed by atoms with E-state index in [1.54, 1.807) is 34.0 Å². The first-order valence-electron chi connectivity index (χ1n) is 28.0. The third-order valence-electron chi connectivity index (χ3n) is 17.1. The molecule has 74 heavy (non-hydrogen) atoms. The number of aliphatic hydroxyl groups is 3. The maximum absolute atomic E-state index is 14.6. The Labute approximate surface area is 442 Å². The van der Waals surface area contributed by atoms with Crippen molar-refractivity contribution >= 4 is 29.2 Å². The van der Waals surface area contributed by atoms with Crippen LogP contribution in [0, 0.1) is 47.3 Å². The van der Waals surface area contributed by atoms with Gasteiger partial charge in [0.05, 0.1) is 30.5 Å². The summed E-state index contributed by atoms with van der Waals surface area (Å²) in [6.07, 6.45) is 15.3. The quantitative estimate of drug-likeness (QED) is 0.119. The number of allylic oxidation sites excluding steroid dienone is 7. The molecule has 0 aromatic rings. The Bertz CT molecular complexity index is 2070. The van der Waals surface area contributed by atoms with Gasteiger partial charge >= 0.3 is 5.97 Å². The van der Waals surface area contributed by atoms with Gasteiger partial charge in [0.1, 0.15) is 30.1 Å². The molecule has 14 heteroatoms. The minimum atomic E-state index is -2.46. The molecule has 14 nitrogen and oxygen atoms in total. The Morgan fingerprint density at radius 3 is 2.24 bits per heavy atom. The molecule has 17 atom stereocenters. The summed E-state index contributed by atoms with van der Waals surface area (Å²) in [4.78, 5) is 73.1. The second-order valence-corrected chi connectivity index (χ2v) is 23.4. The van der Waals surface area contributed by atoms with Crippen LogP contribution < -0.4 is 0 Å². The number of ether oxygens (including phenoxy) is 5. The highest BCUT2D eigenvalue weighted by Crippen LogP contribution is 2.39. The van der Waals surface area contributed by atoms with Gasteiger partial charge in [-0.15, -0.1) is 0 Å². The topological polar surface area (TPSA) is 195 Å². The largest absolute Gasteiger partial charge is 0.460 e. The van der Waals surface area contributed by atoms with Crippen LogP contribution in [0.25, 0.3) is 0 Å². The lowest BCUT2D eigenvalue weighted by atomic mass is 9.78. The molecule has 3 heterocycles. The fourth-order valence-electron chi connectivity index (χ4n) is 12.1. The lowest BCUT2D eigenvalue weighted by Crippen LogP contribution is -2.61. The summed E-state index contributed by atoms with van der Waals surface area (Å²) in [7, 11) is 2.96. The number of hydrogen-bond acceptors (Lipinski definition) is 13. The molecule has 0 radical (unpaired) electrons. The smallest absolute Gasteiger partial charge is 0.329 e. The highest BCUT2D eigenvalue weighted by molar-refractivity contribution is 6.39. The Morgan fingerprint density at radius 1 is 0.824 bits per heavy atom. The molecule has 0 aromatic carbocycles. The molecule has 2 saturated heterocycles. The number of fused-ring (bicyclic) bond motifs is 3. The number of hydrogen-bond donors (Lipinski definition) is 3. The van der Waals surface area contributed by atoms with E-state index in [0.29, 0.717) is 69.3 Å². The monoisotopic (exact) mass is 1040 g/mol. The zero-order chi connectivity index (χ0) is 54.6. The van der Waals surface area contributed by atoms with E-state index in [0.717, 1.165) is 24.8 Å². The molecular formula is C60H93NO13. The van der Waals surface area contributed by atoms with Gasteiger partial charge in [-0.25, -0.2) is 4.79 Å². The number of aliphatic hydroxyl groups excluding tert-OH is 2. The number of methoxy groups -OCH3 is 2. The second kappa shape index (κ2) is 28.1. The molecule has 3 aliphatic heterocycles. The minimum absolute atomic E-state index is 0.00417. The van der Waals surface area contributed by atoms with Crippen molar-refractivity contribution in [2.45, 2.75) is 220 Å². The van der Waals surface area contributed by atoms with Gasteiger partial charge in [-0.2, -0.15) is 0 Å². The van der Waals surface area contributed by atoms with Gasteiger partial charge in [0.25, 0.3) is 11.7 Å². The molecule has 2 aliphatic carbocycles. The number of amides is 1. The number of Topliss-reactive ketones (excluding diaryl/α,β-unsaturated/α-hetero) is 3. The average Bonchev–Trinajstić information content (AvgIpc) is 3.36. The molecule has 0 aromatic heterocycles. The number of nitrogens with zero attached hydrogens (tertiary/aromatic N) is 1. The number of cyclic esters (lactones) is 1. The van der Waals surface area contributed by atoms with Crippen LogP contribution in [0.3, 0.4) is 0 Å². The molecule has 0 unspecified atom stereocenters. The molecular weight excluding hydrogens is 943 g/mol. The zero-order valence-electron chi connectivity index (χ0n) is 46.8. The Hall–Kier alpha value is -3.63. The second-order valence-electron chi connectivity index (χ2n) is 23.4. The van der Waals surface area contributed by atoms with E-state index in [2.05, 4.69) is 26.8 Å². The van der Waals surface area contributed by atoms with Crippen LogP contribution in [0.2, 0.25) is 0 Å². The van der Waals surface area contributed by atoms with Crippen molar-refractivity contribution in [3.8, 4) is 0 Å². The molecule has 416 valence electrons. The summed E-state index contributed by atoms with van der Waals surface area (Å²) in [6, 6.07) is -1.15. The number of ketones is 3. The lowest BCUT2D eigenvalue weighted by Gasteiger charge is -2.43. The van der Waals surface area contributed by atoms with Crippen LogP contribution in [-0.4, -0.2) is 131 Å². The molecule has 1 amide bonds. The Kier molecular flexibility index (Phi) is 23.3. The van der Waals surface area contributed by atoms with Gasteiger partial charge in [0.15, 0.2) is 5.78 Å². The third-order valence-corrected chi connectivity index (χ3v) is 17.1. The number of carbonyl (C=O) groups is 5. The predicted molar refractivity (Wildman–Crippen MR) is 284 cm³/mol. The number of piperidine rings is 1. The van der Waals surface area contributed by atoms with Crippen LogP contribution in [-0.2, 0) is 47.7 Å². The van der Waals surface area contributed by atoms with E-state index in [-0.39, 0.29) is 66.8 Å². The average molecular weight is 1040 g/mol. The highest BCUT2D eigenvalue weighted by atomic mass is 16.6. The molecule has 1 saturated carbocycles. The van der Waals surface area contributed by atoms with Gasteiger partial charge in [0.2, 0.25) is 5.79 Å². The van der Waals surface area contributed by atoms with Crippen molar-refractivity contribution in [1.82, 2.24) is 4.90 Å². The Morgan fingerprint density at radius 2 is 1.55 bits per heavy atom. The van der Waals surface area contributed by atoms with Gasteiger partial charge in [-0.05, 0) is 139 Å². The first-order valence-corrected chi connectivity index (χ1v) is 28.0. The summed E-state index contributed by atoms with van der Waals surface area (Å²) in [6.45, 7) is 19.5. The van der Waals surface area contributed by atoms with Crippen LogP contribution in [0.1, 0.15) is 159 Å².